The number of rotatable bonds is 6. The molecule has 1 aromatic carbocycles. The lowest BCUT2D eigenvalue weighted by atomic mass is 10.3. The first kappa shape index (κ1) is 12.8. The maximum Gasteiger partial charge on any atom is 0.147 e. The number of para-hydroxylation sites is 1. The number of thioether (sulfide) groups is 1. The topological polar surface area (TPSA) is 12.0 Å². The monoisotopic (exact) mass is 291 g/mol. The van der Waals surface area contributed by atoms with Crippen molar-refractivity contribution in [2.45, 2.75) is 12.8 Å². The Bertz CT molecular complexity index is 286. The summed E-state index contributed by atoms with van der Waals surface area (Å²) in [7, 11) is 0. The lowest BCUT2D eigenvalue weighted by Gasteiger charge is -2.08. The van der Waals surface area contributed by atoms with Crippen molar-refractivity contribution in [1.82, 2.24) is 0 Å². The molecule has 4 heteroatoms. The van der Waals surface area contributed by atoms with E-state index in [0.717, 1.165) is 17.4 Å². The summed E-state index contributed by atoms with van der Waals surface area (Å²) >= 11 is 5.17. The molecule has 15 heavy (non-hydrogen) atoms. The van der Waals surface area contributed by atoms with Gasteiger partial charge in [0.15, 0.2) is 0 Å². The van der Waals surface area contributed by atoms with Crippen molar-refractivity contribution in [3.63, 3.8) is 0 Å². The van der Waals surface area contributed by atoms with Crippen molar-refractivity contribution in [1.29, 1.82) is 0 Å². The molecular weight excluding hydrogens is 277 g/mol. The van der Waals surface area contributed by atoms with Gasteiger partial charge in [0, 0.05) is 11.0 Å². The predicted octanol–water partition coefficient (Wildman–Crippen LogP) is 4.14. The van der Waals surface area contributed by atoms with Gasteiger partial charge in [-0.15, -0.1) is 0 Å². The lowest BCUT2D eigenvalue weighted by molar-refractivity contribution is 0.628. The minimum atomic E-state index is -0.200. The highest BCUT2D eigenvalue weighted by Gasteiger charge is 2.04. The molecule has 0 heterocycles. The fraction of sp³-hybridized carbons (Fsp3) is 0.455. The molecule has 0 saturated carbocycles. The van der Waals surface area contributed by atoms with E-state index in [1.165, 1.54) is 18.2 Å². The molecule has 0 spiro atoms. The summed E-state index contributed by atoms with van der Waals surface area (Å²) in [6, 6.07) is 5.00. The van der Waals surface area contributed by atoms with Gasteiger partial charge in [-0.1, -0.05) is 6.07 Å². The number of hydrogen-bond donors (Lipinski definition) is 1. The molecule has 0 fully saturated rings. The van der Waals surface area contributed by atoms with E-state index < -0.39 is 0 Å². The van der Waals surface area contributed by atoms with Crippen LogP contribution in [0.1, 0.15) is 12.8 Å². The molecule has 0 aliphatic carbocycles. The Morgan fingerprint density at radius 2 is 2.20 bits per heavy atom. The molecule has 1 rings (SSSR count). The Morgan fingerprint density at radius 3 is 2.87 bits per heavy atom. The first-order valence-corrected chi connectivity index (χ1v) is 7.11. The van der Waals surface area contributed by atoms with E-state index in [1.807, 2.05) is 17.8 Å². The van der Waals surface area contributed by atoms with Gasteiger partial charge in [0.1, 0.15) is 5.82 Å². The molecular formula is C11H15BrFNS. The number of unbranched alkanes of at least 4 members (excludes halogenated alkanes) is 1. The highest BCUT2D eigenvalue weighted by atomic mass is 79.9. The summed E-state index contributed by atoms with van der Waals surface area (Å²) in [6.07, 6.45) is 4.34. The number of benzene rings is 1. The zero-order chi connectivity index (χ0) is 11.1. The van der Waals surface area contributed by atoms with Gasteiger partial charge in [-0.05, 0) is 52.9 Å². The predicted molar refractivity (Wildman–Crippen MR) is 70.2 cm³/mol. The van der Waals surface area contributed by atoms with Crippen molar-refractivity contribution in [2.75, 3.05) is 23.9 Å². The van der Waals surface area contributed by atoms with Gasteiger partial charge in [0.05, 0.1) is 5.69 Å². The van der Waals surface area contributed by atoms with Crippen LogP contribution in [0.25, 0.3) is 0 Å². The molecule has 0 atom stereocenters. The summed E-state index contributed by atoms with van der Waals surface area (Å²) in [5, 5.41) is 3.11. The highest BCUT2D eigenvalue weighted by molar-refractivity contribution is 9.10. The fourth-order valence-electron chi connectivity index (χ4n) is 1.25. The number of halogens is 2. The molecule has 1 nitrogen and oxygen atoms in total. The second kappa shape index (κ2) is 7.12. The Hall–Kier alpha value is -0.220. The van der Waals surface area contributed by atoms with Gasteiger partial charge in [-0.3, -0.25) is 0 Å². The van der Waals surface area contributed by atoms with Crippen molar-refractivity contribution in [2.24, 2.45) is 0 Å². The SMILES string of the molecule is CSCCCCNc1c(F)cccc1Br. The number of anilines is 1. The zero-order valence-corrected chi connectivity index (χ0v) is 11.1. The van der Waals surface area contributed by atoms with Crippen LogP contribution in [-0.4, -0.2) is 18.6 Å². The van der Waals surface area contributed by atoms with Crippen molar-refractivity contribution < 1.29 is 4.39 Å². The third-order valence-electron chi connectivity index (χ3n) is 2.04. The van der Waals surface area contributed by atoms with Crippen LogP contribution < -0.4 is 5.32 Å². The van der Waals surface area contributed by atoms with Crippen LogP contribution in [0.5, 0.6) is 0 Å². The van der Waals surface area contributed by atoms with Gasteiger partial charge in [0.2, 0.25) is 0 Å². The van der Waals surface area contributed by atoms with Gasteiger partial charge in [-0.2, -0.15) is 11.8 Å². The second-order valence-corrected chi connectivity index (χ2v) is 5.06. The van der Waals surface area contributed by atoms with Crippen LogP contribution in [-0.2, 0) is 0 Å². The Labute approximate surface area is 103 Å². The summed E-state index contributed by atoms with van der Waals surface area (Å²) in [5.41, 5.74) is 0.571. The number of nitrogens with one attached hydrogen (secondary N) is 1. The average Bonchev–Trinajstić information content (AvgIpc) is 2.21. The van der Waals surface area contributed by atoms with E-state index in [9.17, 15) is 4.39 Å². The maximum atomic E-state index is 13.3. The average molecular weight is 292 g/mol. The van der Waals surface area contributed by atoms with Crippen LogP contribution >= 0.6 is 27.7 Å². The van der Waals surface area contributed by atoms with Crippen LogP contribution in [0, 0.1) is 5.82 Å². The van der Waals surface area contributed by atoms with Gasteiger partial charge in [-0.25, -0.2) is 4.39 Å². The highest BCUT2D eigenvalue weighted by Crippen LogP contribution is 2.24. The third kappa shape index (κ3) is 4.43. The Kier molecular flexibility index (Phi) is 6.10. The minimum absolute atomic E-state index is 0.200. The molecule has 0 bridgehead atoms. The summed E-state index contributed by atoms with van der Waals surface area (Å²) in [5.74, 6) is 0.967. The zero-order valence-electron chi connectivity index (χ0n) is 8.72. The second-order valence-electron chi connectivity index (χ2n) is 3.22. The van der Waals surface area contributed by atoms with E-state index in [-0.39, 0.29) is 5.82 Å². The van der Waals surface area contributed by atoms with Gasteiger partial charge >= 0.3 is 0 Å². The molecule has 1 N–H and O–H groups in total. The van der Waals surface area contributed by atoms with Crippen LogP contribution in [0.15, 0.2) is 22.7 Å². The summed E-state index contributed by atoms with van der Waals surface area (Å²) in [4.78, 5) is 0. The first-order chi connectivity index (χ1) is 7.25. The quantitative estimate of drug-likeness (QED) is 0.791. The van der Waals surface area contributed by atoms with Crippen LogP contribution in [0.3, 0.4) is 0 Å². The summed E-state index contributed by atoms with van der Waals surface area (Å²) < 4.78 is 14.1. The summed E-state index contributed by atoms with van der Waals surface area (Å²) in [6.45, 7) is 0.820. The standard InChI is InChI=1S/C11H15BrFNS/c1-15-8-3-2-7-14-11-9(12)5-4-6-10(11)13/h4-6,14H,2-3,7-8H2,1H3. The lowest BCUT2D eigenvalue weighted by Crippen LogP contribution is -2.04. The van der Waals surface area contributed by atoms with Crippen molar-refractivity contribution >= 4 is 33.4 Å². The van der Waals surface area contributed by atoms with Crippen molar-refractivity contribution in [3.05, 3.63) is 28.5 Å². The number of hydrogen-bond acceptors (Lipinski definition) is 2. The molecule has 1 aromatic rings. The molecule has 0 aromatic heterocycles. The maximum absolute atomic E-state index is 13.3. The molecule has 0 aliphatic rings. The largest absolute Gasteiger partial charge is 0.382 e. The third-order valence-corrected chi connectivity index (χ3v) is 3.40. The van der Waals surface area contributed by atoms with Gasteiger partial charge < -0.3 is 5.32 Å². The molecule has 0 unspecified atom stereocenters. The van der Waals surface area contributed by atoms with E-state index >= 15 is 0 Å². The van der Waals surface area contributed by atoms with Crippen molar-refractivity contribution in [3.8, 4) is 0 Å². The normalized spacial score (nSPS) is 10.3. The molecule has 0 amide bonds. The fourth-order valence-corrected chi connectivity index (χ4v) is 2.23. The van der Waals surface area contributed by atoms with E-state index in [0.29, 0.717) is 5.69 Å². The van der Waals surface area contributed by atoms with Crippen LogP contribution in [0.2, 0.25) is 0 Å². The Balaban J connectivity index is 2.37. The molecule has 0 saturated heterocycles. The van der Waals surface area contributed by atoms with E-state index in [2.05, 4.69) is 27.5 Å². The smallest absolute Gasteiger partial charge is 0.147 e. The molecule has 84 valence electrons. The minimum Gasteiger partial charge on any atom is -0.382 e. The van der Waals surface area contributed by atoms with E-state index in [4.69, 9.17) is 0 Å². The Morgan fingerprint density at radius 1 is 1.40 bits per heavy atom. The van der Waals surface area contributed by atoms with Gasteiger partial charge in [0.25, 0.3) is 0 Å². The molecule has 0 radical (unpaired) electrons. The molecule has 0 aliphatic heterocycles. The van der Waals surface area contributed by atoms with E-state index in [1.54, 1.807) is 6.07 Å². The first-order valence-electron chi connectivity index (χ1n) is 4.92. The van der Waals surface area contributed by atoms with Crippen LogP contribution in [0.4, 0.5) is 10.1 Å².